The van der Waals surface area contributed by atoms with Crippen LogP contribution in [0.1, 0.15) is 56.6 Å². The smallest absolute Gasteiger partial charge is 0.261 e. The average Bonchev–Trinajstić information content (AvgIpc) is 2.71. The first-order valence-corrected chi connectivity index (χ1v) is 12.4. The Morgan fingerprint density at radius 3 is 2.16 bits per heavy atom. The zero-order valence-corrected chi connectivity index (χ0v) is 20.0. The maximum Gasteiger partial charge on any atom is 0.261 e. The van der Waals surface area contributed by atoms with Gasteiger partial charge in [-0.25, -0.2) is 8.42 Å². The highest BCUT2D eigenvalue weighted by Crippen LogP contribution is 2.24. The molecule has 0 aliphatic carbocycles. The Hall–Kier alpha value is -2.45. The second kappa shape index (κ2) is 11.8. The third kappa shape index (κ3) is 7.95. The second-order valence-corrected chi connectivity index (χ2v) is 9.65. The van der Waals surface area contributed by atoms with Crippen molar-refractivity contribution in [2.75, 3.05) is 10.0 Å². The predicted molar refractivity (Wildman–Crippen MR) is 131 cm³/mol. The summed E-state index contributed by atoms with van der Waals surface area (Å²) < 4.78 is 28.1. The van der Waals surface area contributed by atoms with Crippen molar-refractivity contribution >= 4 is 44.6 Å². The van der Waals surface area contributed by atoms with E-state index >= 15 is 0 Å². The Balaban J connectivity index is 1.91. The Morgan fingerprint density at radius 2 is 1.55 bits per heavy atom. The lowest BCUT2D eigenvalue weighted by Crippen LogP contribution is -2.33. The number of anilines is 2. The van der Waals surface area contributed by atoms with Gasteiger partial charge in [-0.05, 0) is 67.9 Å². The molecule has 0 atom stereocenters. The topological polar surface area (TPSA) is 87.3 Å². The number of amides is 1. The lowest BCUT2D eigenvalue weighted by atomic mass is 10.1. The molecular weight excluding hydrogens is 430 g/mol. The summed E-state index contributed by atoms with van der Waals surface area (Å²) in [5.41, 5.74) is 2.89. The van der Waals surface area contributed by atoms with Crippen molar-refractivity contribution in [3.63, 3.8) is 0 Å². The molecule has 0 aromatic heterocycles. The standard InChI is InChI=1S/C23H31N3O3S2/c1-4-5-6-7-8-12-21(27)25-23(30)24-19-13-15-20(16-14-19)31(28,29)26-22-17(2)10-9-11-18(22)3/h9-11,13-16,26H,4-8,12H2,1-3H3,(H2,24,25,27,30). The number of hydrogen-bond donors (Lipinski definition) is 3. The summed E-state index contributed by atoms with van der Waals surface area (Å²) in [4.78, 5) is 12.1. The van der Waals surface area contributed by atoms with Crippen LogP contribution in [0.5, 0.6) is 0 Å². The molecule has 0 aliphatic heterocycles. The number of benzene rings is 2. The van der Waals surface area contributed by atoms with Gasteiger partial charge in [-0.1, -0.05) is 50.8 Å². The molecule has 0 spiro atoms. The molecule has 0 heterocycles. The molecular formula is C23H31N3O3S2. The van der Waals surface area contributed by atoms with Crippen LogP contribution in [0.2, 0.25) is 0 Å². The number of unbranched alkanes of at least 4 members (excludes halogenated alkanes) is 4. The van der Waals surface area contributed by atoms with Crippen LogP contribution in [-0.2, 0) is 14.8 Å². The van der Waals surface area contributed by atoms with Crippen molar-refractivity contribution in [2.45, 2.75) is 64.2 Å². The van der Waals surface area contributed by atoms with Gasteiger partial charge in [0.25, 0.3) is 10.0 Å². The van der Waals surface area contributed by atoms with Gasteiger partial charge >= 0.3 is 0 Å². The van der Waals surface area contributed by atoms with E-state index in [1.807, 2.05) is 32.0 Å². The van der Waals surface area contributed by atoms with Crippen molar-refractivity contribution in [1.29, 1.82) is 0 Å². The van der Waals surface area contributed by atoms with Crippen molar-refractivity contribution < 1.29 is 13.2 Å². The molecule has 0 radical (unpaired) electrons. The lowest BCUT2D eigenvalue weighted by molar-refractivity contribution is -0.119. The highest BCUT2D eigenvalue weighted by atomic mass is 32.2. The average molecular weight is 462 g/mol. The second-order valence-electron chi connectivity index (χ2n) is 7.56. The first-order chi connectivity index (χ1) is 14.7. The largest absolute Gasteiger partial charge is 0.332 e. The van der Waals surface area contributed by atoms with E-state index in [0.717, 1.165) is 30.4 Å². The highest BCUT2D eigenvalue weighted by Gasteiger charge is 2.16. The van der Waals surface area contributed by atoms with Gasteiger partial charge in [0.15, 0.2) is 5.11 Å². The van der Waals surface area contributed by atoms with Crippen molar-refractivity contribution in [2.24, 2.45) is 0 Å². The molecule has 1 amide bonds. The molecule has 0 fully saturated rings. The maximum absolute atomic E-state index is 12.7. The van der Waals surface area contributed by atoms with E-state index in [4.69, 9.17) is 12.2 Å². The number of para-hydroxylation sites is 1. The van der Waals surface area contributed by atoms with Gasteiger partial charge in [0.05, 0.1) is 10.6 Å². The first-order valence-electron chi connectivity index (χ1n) is 10.5. The lowest BCUT2D eigenvalue weighted by Gasteiger charge is -2.14. The van der Waals surface area contributed by atoms with Crippen LogP contribution in [-0.4, -0.2) is 19.4 Å². The third-order valence-electron chi connectivity index (χ3n) is 4.90. The third-order valence-corrected chi connectivity index (χ3v) is 6.47. The zero-order valence-electron chi connectivity index (χ0n) is 18.3. The molecule has 0 saturated heterocycles. The van der Waals surface area contributed by atoms with E-state index in [9.17, 15) is 13.2 Å². The fraction of sp³-hybridized carbons (Fsp3) is 0.391. The van der Waals surface area contributed by atoms with E-state index in [2.05, 4.69) is 22.3 Å². The summed E-state index contributed by atoms with van der Waals surface area (Å²) >= 11 is 5.18. The van der Waals surface area contributed by atoms with E-state index in [0.29, 0.717) is 17.8 Å². The molecule has 2 aromatic carbocycles. The van der Waals surface area contributed by atoms with Crippen LogP contribution in [0.25, 0.3) is 0 Å². The van der Waals surface area contributed by atoms with Gasteiger partial charge in [-0.3, -0.25) is 9.52 Å². The van der Waals surface area contributed by atoms with Gasteiger partial charge in [-0.2, -0.15) is 0 Å². The fourth-order valence-electron chi connectivity index (χ4n) is 3.13. The maximum atomic E-state index is 12.7. The molecule has 8 heteroatoms. The normalized spacial score (nSPS) is 11.1. The predicted octanol–water partition coefficient (Wildman–Crippen LogP) is 5.28. The monoisotopic (exact) mass is 461 g/mol. The molecule has 31 heavy (non-hydrogen) atoms. The number of rotatable bonds is 10. The summed E-state index contributed by atoms with van der Waals surface area (Å²) in [7, 11) is -3.72. The zero-order chi connectivity index (χ0) is 22.9. The number of nitrogens with one attached hydrogen (secondary N) is 3. The number of aryl methyl sites for hydroxylation is 2. The SMILES string of the molecule is CCCCCCCC(=O)NC(=S)Nc1ccc(S(=O)(=O)Nc2c(C)cccc2C)cc1. The fourth-order valence-corrected chi connectivity index (χ4v) is 4.56. The number of sulfonamides is 1. The van der Waals surface area contributed by atoms with Gasteiger partial charge in [0.1, 0.15) is 0 Å². The molecule has 0 unspecified atom stereocenters. The molecule has 0 aliphatic rings. The Morgan fingerprint density at radius 1 is 0.935 bits per heavy atom. The van der Waals surface area contributed by atoms with Crippen LogP contribution >= 0.6 is 12.2 Å². The quantitative estimate of drug-likeness (QED) is 0.331. The van der Waals surface area contributed by atoms with Gasteiger partial charge in [-0.15, -0.1) is 0 Å². The van der Waals surface area contributed by atoms with E-state index in [1.165, 1.54) is 25.0 Å². The first kappa shape index (κ1) is 24.8. The Bertz CT molecular complexity index is 983. The minimum absolute atomic E-state index is 0.119. The van der Waals surface area contributed by atoms with Crippen molar-refractivity contribution in [3.05, 3.63) is 53.6 Å². The van der Waals surface area contributed by atoms with E-state index < -0.39 is 10.0 Å². The van der Waals surface area contributed by atoms with Gasteiger partial charge < -0.3 is 10.6 Å². The van der Waals surface area contributed by atoms with Crippen LogP contribution < -0.4 is 15.4 Å². The molecule has 6 nitrogen and oxygen atoms in total. The number of carbonyl (C=O) groups is 1. The molecule has 168 valence electrons. The minimum atomic E-state index is -3.72. The molecule has 2 aromatic rings. The highest BCUT2D eigenvalue weighted by molar-refractivity contribution is 7.92. The Labute approximate surface area is 190 Å². The number of thiocarbonyl (C=S) groups is 1. The van der Waals surface area contributed by atoms with E-state index in [-0.39, 0.29) is 15.9 Å². The van der Waals surface area contributed by atoms with Crippen LogP contribution in [0.3, 0.4) is 0 Å². The van der Waals surface area contributed by atoms with Crippen LogP contribution in [0.4, 0.5) is 11.4 Å². The molecule has 0 saturated carbocycles. The summed E-state index contributed by atoms with van der Waals surface area (Å²) in [6, 6.07) is 11.8. The molecule has 2 rings (SSSR count). The van der Waals surface area contributed by atoms with Crippen molar-refractivity contribution in [3.8, 4) is 0 Å². The summed E-state index contributed by atoms with van der Waals surface area (Å²) in [6.45, 7) is 5.87. The summed E-state index contributed by atoms with van der Waals surface area (Å²) in [5, 5.41) is 5.77. The van der Waals surface area contributed by atoms with Crippen molar-refractivity contribution in [1.82, 2.24) is 5.32 Å². The Kier molecular flexibility index (Phi) is 9.45. The summed E-state index contributed by atoms with van der Waals surface area (Å²) in [5.74, 6) is -0.119. The van der Waals surface area contributed by atoms with Gasteiger partial charge in [0, 0.05) is 12.1 Å². The molecule has 0 bridgehead atoms. The van der Waals surface area contributed by atoms with Gasteiger partial charge in [0.2, 0.25) is 5.91 Å². The number of hydrogen-bond acceptors (Lipinski definition) is 4. The molecule has 3 N–H and O–H groups in total. The minimum Gasteiger partial charge on any atom is -0.332 e. The van der Waals surface area contributed by atoms with Crippen LogP contribution in [0, 0.1) is 13.8 Å². The van der Waals surface area contributed by atoms with Crippen LogP contribution in [0.15, 0.2) is 47.4 Å². The number of carbonyl (C=O) groups excluding carboxylic acids is 1. The van der Waals surface area contributed by atoms with E-state index in [1.54, 1.807) is 12.1 Å². The summed E-state index contributed by atoms with van der Waals surface area (Å²) in [6.07, 6.45) is 5.81.